The van der Waals surface area contributed by atoms with E-state index in [4.69, 9.17) is 0 Å². The minimum atomic E-state index is -0.718. The molecule has 1 fully saturated rings. The average Bonchev–Trinajstić information content (AvgIpc) is 3.15. The second-order valence-electron chi connectivity index (χ2n) is 5.45. The highest BCUT2D eigenvalue weighted by molar-refractivity contribution is 8.13. The van der Waals surface area contributed by atoms with Gasteiger partial charge in [0.05, 0.1) is 0 Å². The van der Waals surface area contributed by atoms with Crippen LogP contribution in [0.25, 0.3) is 0 Å². The van der Waals surface area contributed by atoms with Gasteiger partial charge in [-0.15, -0.1) is 0 Å². The van der Waals surface area contributed by atoms with Crippen LogP contribution < -0.4 is 5.32 Å². The van der Waals surface area contributed by atoms with Crippen LogP contribution >= 0.6 is 11.8 Å². The molecule has 2 heterocycles. The molecule has 24 heavy (non-hydrogen) atoms. The number of carbonyl (C=O) groups is 2. The Bertz CT molecular complexity index is 764. The Kier molecular flexibility index (Phi) is 4.84. The molecule has 126 valence electrons. The minimum Gasteiger partial charge on any atom is -0.340 e. The number of nitrogens with zero attached hydrogens (tertiary/aromatic N) is 3. The summed E-state index contributed by atoms with van der Waals surface area (Å²) in [6.07, 6.45) is 3.33. The van der Waals surface area contributed by atoms with Gasteiger partial charge in [-0.25, -0.2) is 9.37 Å². The van der Waals surface area contributed by atoms with Crippen molar-refractivity contribution in [2.45, 2.75) is 6.04 Å². The molecule has 1 N–H and O–H groups in total. The SMILES string of the molecule is Cn1ccnc1[C@H](NC(=O)CN1CCSC1=O)c1ccccc1F. The molecular formula is C16H17FN4O2S. The largest absolute Gasteiger partial charge is 0.340 e. The second-order valence-corrected chi connectivity index (χ2v) is 6.50. The molecule has 0 spiro atoms. The number of nitrogens with one attached hydrogen (secondary N) is 1. The van der Waals surface area contributed by atoms with Crippen LogP contribution in [-0.2, 0) is 11.8 Å². The van der Waals surface area contributed by atoms with Crippen molar-refractivity contribution in [2.24, 2.45) is 7.05 Å². The Morgan fingerprint density at radius 3 is 2.88 bits per heavy atom. The molecule has 1 aromatic heterocycles. The number of benzene rings is 1. The van der Waals surface area contributed by atoms with E-state index in [1.807, 2.05) is 0 Å². The van der Waals surface area contributed by atoms with Gasteiger partial charge >= 0.3 is 0 Å². The first-order chi connectivity index (χ1) is 11.6. The summed E-state index contributed by atoms with van der Waals surface area (Å²) in [5.74, 6) is 0.443. The van der Waals surface area contributed by atoms with Crippen LogP contribution in [0.15, 0.2) is 36.7 Å². The topological polar surface area (TPSA) is 67.2 Å². The molecule has 0 unspecified atom stereocenters. The molecule has 0 aliphatic carbocycles. The van der Waals surface area contributed by atoms with E-state index in [-0.39, 0.29) is 17.7 Å². The third kappa shape index (κ3) is 3.43. The molecule has 0 radical (unpaired) electrons. The summed E-state index contributed by atoms with van der Waals surface area (Å²) in [7, 11) is 1.78. The van der Waals surface area contributed by atoms with Gasteiger partial charge in [-0.3, -0.25) is 9.59 Å². The van der Waals surface area contributed by atoms with Gasteiger partial charge in [-0.05, 0) is 6.07 Å². The van der Waals surface area contributed by atoms with Crippen molar-refractivity contribution in [3.63, 3.8) is 0 Å². The van der Waals surface area contributed by atoms with Crippen molar-refractivity contribution in [3.8, 4) is 0 Å². The van der Waals surface area contributed by atoms with Gasteiger partial charge in [0.2, 0.25) is 5.91 Å². The molecule has 6 nitrogen and oxygen atoms in total. The number of aryl methyl sites for hydroxylation is 1. The van der Waals surface area contributed by atoms with Gasteiger partial charge in [0, 0.05) is 37.3 Å². The van der Waals surface area contributed by atoms with Crippen LogP contribution in [0.1, 0.15) is 17.4 Å². The lowest BCUT2D eigenvalue weighted by atomic mass is 10.1. The molecule has 1 aromatic carbocycles. The normalized spacial score (nSPS) is 15.6. The predicted molar refractivity (Wildman–Crippen MR) is 89.0 cm³/mol. The number of imidazole rings is 1. The van der Waals surface area contributed by atoms with Crippen molar-refractivity contribution in [1.82, 2.24) is 19.8 Å². The first-order valence-corrected chi connectivity index (χ1v) is 8.47. The smallest absolute Gasteiger partial charge is 0.282 e. The van der Waals surface area contributed by atoms with Gasteiger partial charge in [0.1, 0.15) is 24.2 Å². The van der Waals surface area contributed by atoms with Gasteiger partial charge in [0.15, 0.2) is 0 Å². The Hall–Kier alpha value is -2.35. The lowest BCUT2D eigenvalue weighted by molar-refractivity contribution is -0.122. The number of hydrogen-bond donors (Lipinski definition) is 1. The van der Waals surface area contributed by atoms with Crippen LogP contribution in [0.2, 0.25) is 0 Å². The van der Waals surface area contributed by atoms with Crippen molar-refractivity contribution >= 4 is 22.9 Å². The number of halogens is 1. The van der Waals surface area contributed by atoms with E-state index in [1.54, 1.807) is 42.2 Å². The Morgan fingerprint density at radius 1 is 1.46 bits per heavy atom. The van der Waals surface area contributed by atoms with Crippen molar-refractivity contribution in [1.29, 1.82) is 0 Å². The highest BCUT2D eigenvalue weighted by Gasteiger charge is 2.27. The van der Waals surface area contributed by atoms with E-state index in [2.05, 4.69) is 10.3 Å². The van der Waals surface area contributed by atoms with E-state index >= 15 is 0 Å². The Balaban J connectivity index is 1.83. The molecule has 2 aromatic rings. The van der Waals surface area contributed by atoms with Gasteiger partial charge in [-0.2, -0.15) is 0 Å². The summed E-state index contributed by atoms with van der Waals surface area (Å²) in [5, 5.41) is 2.69. The molecule has 0 bridgehead atoms. The van der Waals surface area contributed by atoms with Crippen molar-refractivity contribution in [3.05, 3.63) is 53.9 Å². The molecule has 2 amide bonds. The first kappa shape index (κ1) is 16.5. The van der Waals surface area contributed by atoms with E-state index in [0.29, 0.717) is 23.7 Å². The van der Waals surface area contributed by atoms with Gasteiger partial charge < -0.3 is 14.8 Å². The maximum Gasteiger partial charge on any atom is 0.282 e. The van der Waals surface area contributed by atoms with E-state index in [9.17, 15) is 14.0 Å². The number of amides is 2. The Morgan fingerprint density at radius 2 is 2.25 bits per heavy atom. The summed E-state index contributed by atoms with van der Waals surface area (Å²) in [6, 6.07) is 5.55. The highest BCUT2D eigenvalue weighted by Crippen LogP contribution is 2.23. The van der Waals surface area contributed by atoms with Crippen molar-refractivity contribution in [2.75, 3.05) is 18.8 Å². The van der Waals surface area contributed by atoms with Crippen LogP contribution in [0.4, 0.5) is 9.18 Å². The number of carbonyl (C=O) groups excluding carboxylic acids is 2. The molecule has 1 aliphatic heterocycles. The zero-order valence-electron chi connectivity index (χ0n) is 13.1. The molecule has 8 heteroatoms. The number of thioether (sulfide) groups is 1. The quantitative estimate of drug-likeness (QED) is 0.897. The standard InChI is InChI=1S/C16H17FN4O2S/c1-20-7-6-18-15(20)14(11-4-2-3-5-12(11)17)19-13(22)10-21-8-9-24-16(21)23/h2-7,14H,8-10H2,1H3,(H,19,22)/t14-/m1/s1. The summed E-state index contributed by atoms with van der Waals surface area (Å²) in [4.78, 5) is 29.7. The van der Waals surface area contributed by atoms with E-state index in [0.717, 1.165) is 0 Å². The third-order valence-corrected chi connectivity index (χ3v) is 4.71. The maximum absolute atomic E-state index is 14.2. The van der Waals surface area contributed by atoms with Crippen molar-refractivity contribution < 1.29 is 14.0 Å². The molecule has 1 atom stereocenters. The molecule has 3 rings (SSSR count). The number of hydrogen-bond acceptors (Lipinski definition) is 4. The summed E-state index contributed by atoms with van der Waals surface area (Å²) in [6.45, 7) is 0.505. The fourth-order valence-electron chi connectivity index (χ4n) is 2.60. The highest BCUT2D eigenvalue weighted by atomic mass is 32.2. The predicted octanol–water partition coefficient (Wildman–Crippen LogP) is 1.93. The maximum atomic E-state index is 14.2. The van der Waals surface area contributed by atoms with E-state index < -0.39 is 11.9 Å². The fourth-order valence-corrected chi connectivity index (χ4v) is 3.42. The lowest BCUT2D eigenvalue weighted by Crippen LogP contribution is -2.40. The summed E-state index contributed by atoms with van der Waals surface area (Å²) >= 11 is 1.20. The minimum absolute atomic E-state index is 0.0405. The number of aromatic nitrogens is 2. The van der Waals surface area contributed by atoms with Crippen LogP contribution in [0.3, 0.4) is 0 Å². The van der Waals surface area contributed by atoms with E-state index in [1.165, 1.54) is 22.7 Å². The average molecular weight is 348 g/mol. The fraction of sp³-hybridized carbons (Fsp3) is 0.312. The molecule has 1 aliphatic rings. The van der Waals surface area contributed by atoms with Crippen LogP contribution in [-0.4, -0.2) is 44.4 Å². The van der Waals surface area contributed by atoms with Crippen LogP contribution in [0, 0.1) is 5.82 Å². The second kappa shape index (κ2) is 7.04. The zero-order valence-corrected chi connectivity index (χ0v) is 13.9. The monoisotopic (exact) mass is 348 g/mol. The summed E-state index contributed by atoms with van der Waals surface area (Å²) in [5.41, 5.74) is 0.335. The zero-order chi connectivity index (χ0) is 17.1. The number of rotatable bonds is 5. The molecular weight excluding hydrogens is 331 g/mol. The van der Waals surface area contributed by atoms with Gasteiger partial charge in [0.25, 0.3) is 5.24 Å². The summed E-state index contributed by atoms with van der Waals surface area (Å²) < 4.78 is 16.0. The molecule has 1 saturated heterocycles. The molecule has 0 saturated carbocycles. The first-order valence-electron chi connectivity index (χ1n) is 7.49. The van der Waals surface area contributed by atoms with Gasteiger partial charge in [-0.1, -0.05) is 30.0 Å². The third-order valence-electron chi connectivity index (χ3n) is 3.82. The lowest BCUT2D eigenvalue weighted by Gasteiger charge is -2.21. The Labute approximate surface area is 143 Å². The van der Waals surface area contributed by atoms with Crippen LogP contribution in [0.5, 0.6) is 0 Å².